The van der Waals surface area contributed by atoms with Crippen molar-refractivity contribution < 1.29 is 24.9 Å². The summed E-state index contributed by atoms with van der Waals surface area (Å²) in [5, 5.41) is 36.5. The van der Waals surface area contributed by atoms with Crippen molar-refractivity contribution in [3.8, 4) is 0 Å². The first-order chi connectivity index (χ1) is 14.3. The zero-order valence-electron chi connectivity index (χ0n) is 17.9. The molecule has 0 aromatic rings. The Balaban J connectivity index is 1.59. The van der Waals surface area contributed by atoms with E-state index in [1.54, 1.807) is 13.2 Å². The molecular formula is C21H37ClN2O5S. The van der Waals surface area contributed by atoms with E-state index in [1.807, 2.05) is 0 Å². The standard InChI is InChI=1S/C21H37ClN2O5S/c1-11(22)15(19-17(26)16(25)18(27)21(29-19)30-2)24-20(28)14-10-13(8-9-23-14)7-6-12-4-3-5-12/h11-19,21,23,25-27H,3-10H2,1-2H3,(H,24,28)/t11-,13+,14-,15+,16-,17+,18+,19?,21+/m0/s1. The molecule has 5 N–H and O–H groups in total. The van der Waals surface area contributed by atoms with E-state index in [2.05, 4.69) is 10.6 Å². The van der Waals surface area contributed by atoms with Gasteiger partial charge in [-0.1, -0.05) is 32.1 Å². The number of ether oxygens (including phenoxy) is 1. The highest BCUT2D eigenvalue weighted by Gasteiger charge is 2.48. The average molecular weight is 465 g/mol. The second-order valence-electron chi connectivity index (χ2n) is 9.16. The van der Waals surface area contributed by atoms with E-state index in [4.69, 9.17) is 16.3 Å². The molecule has 1 saturated carbocycles. The SMILES string of the molecule is CS[C@H]1OC([C@H](NC(=O)[C@@H]2C[C@H](CCC3CCC3)CCN2)[C@H](C)Cl)[C@H](O)[C@H](O)[C@H]1O. The topological polar surface area (TPSA) is 111 Å². The van der Waals surface area contributed by atoms with Crippen molar-refractivity contribution in [3.05, 3.63) is 0 Å². The smallest absolute Gasteiger partial charge is 0.237 e. The summed E-state index contributed by atoms with van der Waals surface area (Å²) in [7, 11) is 0. The molecule has 7 nitrogen and oxygen atoms in total. The molecule has 9 heteroatoms. The number of hydrogen-bond donors (Lipinski definition) is 5. The van der Waals surface area contributed by atoms with Gasteiger partial charge in [0.2, 0.25) is 5.91 Å². The summed E-state index contributed by atoms with van der Waals surface area (Å²) < 4.78 is 5.83. The van der Waals surface area contributed by atoms with E-state index in [-0.39, 0.29) is 11.9 Å². The van der Waals surface area contributed by atoms with Crippen LogP contribution < -0.4 is 10.6 Å². The second kappa shape index (κ2) is 11.2. The summed E-state index contributed by atoms with van der Waals surface area (Å²) >= 11 is 7.60. The molecule has 1 amide bonds. The average Bonchev–Trinajstić information content (AvgIpc) is 2.69. The van der Waals surface area contributed by atoms with Crippen molar-refractivity contribution in [2.75, 3.05) is 12.8 Å². The number of carbonyl (C=O) groups excluding carboxylic acids is 1. The predicted octanol–water partition coefficient (Wildman–Crippen LogP) is 1.22. The fourth-order valence-electron chi connectivity index (χ4n) is 4.80. The van der Waals surface area contributed by atoms with Crippen LogP contribution in [0.5, 0.6) is 0 Å². The van der Waals surface area contributed by atoms with Gasteiger partial charge in [-0.2, -0.15) is 0 Å². The number of aliphatic hydroxyl groups is 3. The number of alkyl halides is 1. The van der Waals surface area contributed by atoms with E-state index in [0.29, 0.717) is 5.92 Å². The highest BCUT2D eigenvalue weighted by Crippen LogP contribution is 2.34. The minimum absolute atomic E-state index is 0.155. The summed E-state index contributed by atoms with van der Waals surface area (Å²) in [4.78, 5) is 13.0. The molecule has 0 aromatic heterocycles. The van der Waals surface area contributed by atoms with Crippen molar-refractivity contribution in [2.45, 2.75) is 99.2 Å². The number of carbonyl (C=O) groups is 1. The molecule has 0 bridgehead atoms. The first-order valence-electron chi connectivity index (χ1n) is 11.2. The Morgan fingerprint density at radius 1 is 1.17 bits per heavy atom. The Bertz CT molecular complexity index is 566. The molecule has 3 fully saturated rings. The van der Waals surface area contributed by atoms with Crippen LogP contribution in [-0.2, 0) is 9.53 Å². The highest BCUT2D eigenvalue weighted by atomic mass is 35.5. The van der Waals surface area contributed by atoms with Gasteiger partial charge in [-0.3, -0.25) is 4.79 Å². The number of hydrogen-bond acceptors (Lipinski definition) is 7. The van der Waals surface area contributed by atoms with E-state index in [0.717, 1.165) is 25.3 Å². The Labute approximate surface area is 188 Å². The normalized spacial score (nSPS) is 39.7. The van der Waals surface area contributed by atoms with Crippen molar-refractivity contribution in [2.24, 2.45) is 11.8 Å². The van der Waals surface area contributed by atoms with Crippen molar-refractivity contribution in [1.82, 2.24) is 10.6 Å². The predicted molar refractivity (Wildman–Crippen MR) is 119 cm³/mol. The fraction of sp³-hybridized carbons (Fsp3) is 0.952. The third-order valence-electron chi connectivity index (χ3n) is 7.03. The van der Waals surface area contributed by atoms with Crippen LogP contribution in [0.4, 0.5) is 0 Å². The summed E-state index contributed by atoms with van der Waals surface area (Å²) in [5.74, 6) is 1.27. The Morgan fingerprint density at radius 2 is 1.87 bits per heavy atom. The lowest BCUT2D eigenvalue weighted by molar-refractivity contribution is -0.205. The van der Waals surface area contributed by atoms with Gasteiger partial charge in [0.15, 0.2) is 0 Å². The van der Waals surface area contributed by atoms with Crippen LogP contribution in [0.15, 0.2) is 0 Å². The Morgan fingerprint density at radius 3 is 2.47 bits per heavy atom. The number of nitrogens with one attached hydrogen (secondary N) is 2. The monoisotopic (exact) mass is 464 g/mol. The fourth-order valence-corrected chi connectivity index (χ4v) is 5.69. The molecule has 0 spiro atoms. The lowest BCUT2D eigenvalue weighted by Gasteiger charge is -2.44. The Kier molecular flexibility index (Phi) is 9.14. The van der Waals surface area contributed by atoms with Gasteiger partial charge < -0.3 is 30.7 Å². The van der Waals surface area contributed by atoms with E-state index < -0.39 is 41.3 Å². The summed E-state index contributed by atoms with van der Waals surface area (Å²) in [6, 6.07) is -0.987. The van der Waals surface area contributed by atoms with Crippen LogP contribution in [0, 0.1) is 11.8 Å². The van der Waals surface area contributed by atoms with Gasteiger partial charge in [0, 0.05) is 0 Å². The number of piperidine rings is 1. The zero-order valence-corrected chi connectivity index (χ0v) is 19.4. The van der Waals surface area contributed by atoms with E-state index >= 15 is 0 Å². The van der Waals surface area contributed by atoms with Crippen LogP contribution in [0.2, 0.25) is 0 Å². The molecule has 1 aliphatic carbocycles. The van der Waals surface area contributed by atoms with Gasteiger partial charge >= 0.3 is 0 Å². The molecule has 0 radical (unpaired) electrons. The maximum absolute atomic E-state index is 13.0. The summed E-state index contributed by atoms with van der Waals surface area (Å²) in [5.41, 5.74) is -0.702. The molecule has 3 aliphatic rings. The van der Waals surface area contributed by atoms with Gasteiger partial charge in [0.1, 0.15) is 29.9 Å². The maximum Gasteiger partial charge on any atom is 0.237 e. The van der Waals surface area contributed by atoms with Gasteiger partial charge in [-0.15, -0.1) is 23.4 Å². The number of thioether (sulfide) groups is 1. The minimum atomic E-state index is -1.36. The molecule has 174 valence electrons. The molecular weight excluding hydrogens is 428 g/mol. The number of aliphatic hydroxyl groups excluding tert-OH is 3. The molecule has 1 unspecified atom stereocenters. The molecule has 2 aliphatic heterocycles. The van der Waals surface area contributed by atoms with Gasteiger partial charge in [-0.25, -0.2) is 0 Å². The van der Waals surface area contributed by atoms with Crippen LogP contribution in [0.1, 0.15) is 51.9 Å². The van der Waals surface area contributed by atoms with Crippen LogP contribution in [0.3, 0.4) is 0 Å². The van der Waals surface area contributed by atoms with Crippen LogP contribution in [-0.4, -0.2) is 81.3 Å². The van der Waals surface area contributed by atoms with Gasteiger partial charge in [0.25, 0.3) is 0 Å². The lowest BCUT2D eigenvalue weighted by atomic mass is 9.78. The maximum atomic E-state index is 13.0. The molecule has 3 rings (SSSR count). The van der Waals surface area contributed by atoms with Crippen molar-refractivity contribution in [3.63, 3.8) is 0 Å². The van der Waals surface area contributed by atoms with E-state index in [1.165, 1.54) is 43.9 Å². The summed E-state index contributed by atoms with van der Waals surface area (Å²) in [6.07, 6.45) is 5.33. The molecule has 0 aromatic carbocycles. The minimum Gasteiger partial charge on any atom is -0.388 e. The molecule has 2 heterocycles. The summed E-state index contributed by atoms with van der Waals surface area (Å²) in [6.45, 7) is 2.54. The lowest BCUT2D eigenvalue weighted by Crippen LogP contribution is -2.65. The van der Waals surface area contributed by atoms with Crippen molar-refractivity contribution in [1.29, 1.82) is 0 Å². The number of halogens is 1. The Hall–Kier alpha value is -0.0900. The third-order valence-corrected chi connectivity index (χ3v) is 8.16. The highest BCUT2D eigenvalue weighted by molar-refractivity contribution is 7.99. The molecule has 2 saturated heterocycles. The first-order valence-corrected chi connectivity index (χ1v) is 12.9. The van der Waals surface area contributed by atoms with Crippen LogP contribution in [0.25, 0.3) is 0 Å². The second-order valence-corrected chi connectivity index (χ2v) is 10.8. The largest absolute Gasteiger partial charge is 0.388 e. The van der Waals surface area contributed by atoms with Gasteiger partial charge in [-0.05, 0) is 44.4 Å². The third kappa shape index (κ3) is 5.82. The van der Waals surface area contributed by atoms with Crippen LogP contribution >= 0.6 is 23.4 Å². The van der Waals surface area contributed by atoms with E-state index in [9.17, 15) is 20.1 Å². The molecule has 30 heavy (non-hydrogen) atoms. The van der Waals surface area contributed by atoms with Gasteiger partial charge in [0.05, 0.1) is 17.5 Å². The van der Waals surface area contributed by atoms with Crippen molar-refractivity contribution >= 4 is 29.3 Å². The molecule has 9 atom stereocenters. The number of rotatable bonds is 8. The first kappa shape index (κ1) is 24.6. The number of amides is 1. The zero-order chi connectivity index (χ0) is 21.8. The quantitative estimate of drug-likeness (QED) is 0.343.